The minimum atomic E-state index is -0.269. The van der Waals surface area contributed by atoms with Crippen LogP contribution in [0.2, 0.25) is 0 Å². The molecule has 0 saturated heterocycles. The second-order valence-electron chi connectivity index (χ2n) is 3.45. The lowest BCUT2D eigenvalue weighted by molar-refractivity contribution is 0.628. The first-order valence-electron chi connectivity index (χ1n) is 5.06. The Kier molecular flexibility index (Phi) is 3.22. The Labute approximate surface area is 93.2 Å². The minimum Gasteiger partial charge on any atom is -0.330 e. The summed E-state index contributed by atoms with van der Waals surface area (Å²) in [4.78, 5) is 8.13. The molecule has 0 aliphatic heterocycles. The van der Waals surface area contributed by atoms with Crippen LogP contribution in [0.5, 0.6) is 0 Å². The molecule has 16 heavy (non-hydrogen) atoms. The van der Waals surface area contributed by atoms with Crippen LogP contribution in [0.1, 0.15) is 5.56 Å². The summed E-state index contributed by atoms with van der Waals surface area (Å²) in [7, 11) is 0. The highest BCUT2D eigenvalue weighted by molar-refractivity contribution is 5.62. The van der Waals surface area contributed by atoms with E-state index in [4.69, 9.17) is 5.73 Å². The van der Waals surface area contributed by atoms with E-state index in [1.807, 2.05) is 6.07 Å². The maximum absolute atomic E-state index is 13.1. The van der Waals surface area contributed by atoms with Crippen LogP contribution in [0, 0.1) is 5.82 Å². The van der Waals surface area contributed by atoms with E-state index >= 15 is 0 Å². The van der Waals surface area contributed by atoms with Gasteiger partial charge >= 0.3 is 0 Å². The standard InChI is InChI=1S/C12H12FN3/c13-11-3-1-2-9(6-11)12-10(4-5-14)7-15-8-16-12/h1-3,6-8H,4-5,14H2. The number of halogens is 1. The van der Waals surface area contributed by atoms with Gasteiger partial charge in [-0.1, -0.05) is 12.1 Å². The van der Waals surface area contributed by atoms with Gasteiger partial charge in [-0.15, -0.1) is 0 Å². The Morgan fingerprint density at radius 1 is 1.31 bits per heavy atom. The van der Waals surface area contributed by atoms with Crippen LogP contribution in [0.4, 0.5) is 4.39 Å². The van der Waals surface area contributed by atoms with Gasteiger partial charge in [-0.25, -0.2) is 14.4 Å². The average molecular weight is 217 g/mol. The smallest absolute Gasteiger partial charge is 0.123 e. The third kappa shape index (κ3) is 2.23. The zero-order chi connectivity index (χ0) is 11.4. The van der Waals surface area contributed by atoms with Crippen LogP contribution >= 0.6 is 0 Å². The SMILES string of the molecule is NCCc1cncnc1-c1cccc(F)c1. The van der Waals surface area contributed by atoms with Crippen molar-refractivity contribution < 1.29 is 4.39 Å². The number of benzene rings is 1. The van der Waals surface area contributed by atoms with E-state index in [1.165, 1.54) is 18.5 Å². The van der Waals surface area contributed by atoms with E-state index in [0.717, 1.165) is 16.8 Å². The van der Waals surface area contributed by atoms with Gasteiger partial charge in [-0.05, 0) is 30.7 Å². The van der Waals surface area contributed by atoms with E-state index < -0.39 is 0 Å². The second-order valence-corrected chi connectivity index (χ2v) is 3.45. The molecule has 0 aliphatic carbocycles. The summed E-state index contributed by atoms with van der Waals surface area (Å²) >= 11 is 0. The molecule has 1 heterocycles. The van der Waals surface area contributed by atoms with Crippen LogP contribution in [-0.2, 0) is 6.42 Å². The average Bonchev–Trinajstić information content (AvgIpc) is 2.30. The molecule has 0 bridgehead atoms. The predicted molar refractivity (Wildman–Crippen MR) is 60.2 cm³/mol. The molecule has 0 atom stereocenters. The number of hydrogen-bond donors (Lipinski definition) is 1. The molecular formula is C12H12FN3. The highest BCUT2D eigenvalue weighted by Crippen LogP contribution is 2.21. The number of rotatable bonds is 3. The van der Waals surface area contributed by atoms with Crippen LogP contribution < -0.4 is 5.73 Å². The van der Waals surface area contributed by atoms with Crippen molar-refractivity contribution in [1.82, 2.24) is 9.97 Å². The van der Waals surface area contributed by atoms with Crippen LogP contribution in [0.15, 0.2) is 36.8 Å². The van der Waals surface area contributed by atoms with Gasteiger partial charge in [0.2, 0.25) is 0 Å². The molecule has 0 aliphatic rings. The van der Waals surface area contributed by atoms with E-state index in [9.17, 15) is 4.39 Å². The summed E-state index contributed by atoms with van der Waals surface area (Å²) in [6, 6.07) is 6.36. The number of nitrogens with two attached hydrogens (primary N) is 1. The Morgan fingerprint density at radius 2 is 2.19 bits per heavy atom. The van der Waals surface area contributed by atoms with Gasteiger partial charge in [-0.2, -0.15) is 0 Å². The van der Waals surface area contributed by atoms with E-state index in [-0.39, 0.29) is 5.82 Å². The number of aromatic nitrogens is 2. The van der Waals surface area contributed by atoms with Crippen molar-refractivity contribution in [2.75, 3.05) is 6.54 Å². The third-order valence-corrected chi connectivity index (χ3v) is 2.30. The topological polar surface area (TPSA) is 51.8 Å². The lowest BCUT2D eigenvalue weighted by Crippen LogP contribution is -2.05. The first-order valence-corrected chi connectivity index (χ1v) is 5.06. The van der Waals surface area contributed by atoms with Crippen molar-refractivity contribution in [2.24, 2.45) is 5.73 Å². The van der Waals surface area contributed by atoms with Gasteiger partial charge in [-0.3, -0.25) is 0 Å². The highest BCUT2D eigenvalue weighted by Gasteiger charge is 2.06. The van der Waals surface area contributed by atoms with Gasteiger partial charge in [0.25, 0.3) is 0 Å². The molecule has 2 N–H and O–H groups in total. The molecule has 4 heteroatoms. The molecule has 1 aromatic carbocycles. The highest BCUT2D eigenvalue weighted by atomic mass is 19.1. The number of hydrogen-bond acceptors (Lipinski definition) is 3. The lowest BCUT2D eigenvalue weighted by Gasteiger charge is -2.06. The second kappa shape index (κ2) is 4.81. The van der Waals surface area contributed by atoms with Gasteiger partial charge in [0.15, 0.2) is 0 Å². The van der Waals surface area contributed by atoms with Crippen molar-refractivity contribution in [3.8, 4) is 11.3 Å². The van der Waals surface area contributed by atoms with Crippen molar-refractivity contribution in [3.05, 3.63) is 48.2 Å². The molecule has 2 rings (SSSR count). The summed E-state index contributed by atoms with van der Waals surface area (Å²) in [6.07, 6.45) is 3.87. The Morgan fingerprint density at radius 3 is 2.94 bits per heavy atom. The van der Waals surface area contributed by atoms with Gasteiger partial charge < -0.3 is 5.73 Å². The zero-order valence-electron chi connectivity index (χ0n) is 8.73. The molecule has 82 valence electrons. The predicted octanol–water partition coefficient (Wildman–Crippen LogP) is 1.78. The molecule has 0 saturated carbocycles. The lowest BCUT2D eigenvalue weighted by atomic mass is 10.1. The molecule has 0 amide bonds. The molecule has 0 fully saturated rings. The fraction of sp³-hybridized carbons (Fsp3) is 0.167. The molecule has 0 unspecified atom stereocenters. The van der Waals surface area contributed by atoms with Crippen molar-refractivity contribution in [1.29, 1.82) is 0 Å². The maximum atomic E-state index is 13.1. The van der Waals surface area contributed by atoms with Crippen molar-refractivity contribution in [2.45, 2.75) is 6.42 Å². The summed E-state index contributed by atoms with van der Waals surface area (Å²) in [5.41, 5.74) is 7.95. The molecule has 0 radical (unpaired) electrons. The summed E-state index contributed by atoms with van der Waals surface area (Å²) in [5, 5.41) is 0. The number of nitrogens with zero attached hydrogens (tertiary/aromatic N) is 2. The van der Waals surface area contributed by atoms with E-state index in [1.54, 1.807) is 12.3 Å². The van der Waals surface area contributed by atoms with Crippen molar-refractivity contribution in [3.63, 3.8) is 0 Å². The molecule has 1 aromatic heterocycles. The van der Waals surface area contributed by atoms with Crippen LogP contribution in [0.25, 0.3) is 11.3 Å². The van der Waals surface area contributed by atoms with Crippen LogP contribution in [-0.4, -0.2) is 16.5 Å². The monoisotopic (exact) mass is 217 g/mol. The molecule has 2 aromatic rings. The third-order valence-electron chi connectivity index (χ3n) is 2.30. The van der Waals surface area contributed by atoms with Crippen LogP contribution in [0.3, 0.4) is 0 Å². The first-order chi connectivity index (χ1) is 7.81. The fourth-order valence-electron chi connectivity index (χ4n) is 1.59. The largest absolute Gasteiger partial charge is 0.330 e. The quantitative estimate of drug-likeness (QED) is 0.852. The minimum absolute atomic E-state index is 0.269. The summed E-state index contributed by atoms with van der Waals surface area (Å²) < 4.78 is 13.1. The molecule has 0 spiro atoms. The normalized spacial score (nSPS) is 10.4. The summed E-state index contributed by atoms with van der Waals surface area (Å²) in [6.45, 7) is 0.524. The van der Waals surface area contributed by atoms with Crippen molar-refractivity contribution >= 4 is 0 Å². The van der Waals surface area contributed by atoms with Gasteiger partial charge in [0.1, 0.15) is 12.1 Å². The summed E-state index contributed by atoms with van der Waals surface area (Å²) in [5.74, 6) is -0.269. The first kappa shape index (κ1) is 10.7. The van der Waals surface area contributed by atoms with Gasteiger partial charge in [0, 0.05) is 11.8 Å². The van der Waals surface area contributed by atoms with E-state index in [2.05, 4.69) is 9.97 Å². The van der Waals surface area contributed by atoms with Gasteiger partial charge in [0.05, 0.1) is 5.69 Å². The fourth-order valence-corrected chi connectivity index (χ4v) is 1.59. The maximum Gasteiger partial charge on any atom is 0.123 e. The molecular weight excluding hydrogens is 205 g/mol. The molecule has 3 nitrogen and oxygen atoms in total. The van der Waals surface area contributed by atoms with E-state index in [0.29, 0.717) is 13.0 Å². The zero-order valence-corrected chi connectivity index (χ0v) is 8.73. The Bertz CT molecular complexity index is 485. The Hall–Kier alpha value is -1.81. The Balaban J connectivity index is 2.46.